The normalized spacial score (nSPS) is 26.2. The first-order chi connectivity index (χ1) is 7.29. The standard InChI is InChI=1S/C14H18O/c1-11-5-7-13(8-6-11)14-4-2-3-12(9-14)10-15/h2-4,9-11,13H,5-8H2,1H3. The van der Waals surface area contributed by atoms with E-state index in [0.717, 1.165) is 17.8 Å². The molecule has 1 fully saturated rings. The quantitative estimate of drug-likeness (QED) is 0.667. The summed E-state index contributed by atoms with van der Waals surface area (Å²) >= 11 is 0. The monoisotopic (exact) mass is 202 g/mol. The van der Waals surface area contributed by atoms with E-state index in [1.165, 1.54) is 31.2 Å². The van der Waals surface area contributed by atoms with Crippen molar-refractivity contribution in [2.24, 2.45) is 5.92 Å². The van der Waals surface area contributed by atoms with E-state index >= 15 is 0 Å². The Kier molecular flexibility index (Phi) is 3.20. The molecular formula is C14H18O. The zero-order valence-electron chi connectivity index (χ0n) is 9.28. The maximum atomic E-state index is 10.7. The SMILES string of the molecule is CC1CCC(c2cccc(C=O)c2)CC1. The first kappa shape index (κ1) is 10.4. The molecule has 0 saturated heterocycles. The summed E-state index contributed by atoms with van der Waals surface area (Å²) in [6, 6.07) is 8.08. The van der Waals surface area contributed by atoms with Crippen LogP contribution in [0, 0.1) is 5.92 Å². The lowest BCUT2D eigenvalue weighted by molar-refractivity contribution is 0.112. The van der Waals surface area contributed by atoms with Crippen molar-refractivity contribution in [3.05, 3.63) is 35.4 Å². The smallest absolute Gasteiger partial charge is 0.150 e. The van der Waals surface area contributed by atoms with Gasteiger partial charge in [-0.05, 0) is 36.3 Å². The van der Waals surface area contributed by atoms with Crippen molar-refractivity contribution < 1.29 is 4.79 Å². The molecule has 0 aliphatic heterocycles. The van der Waals surface area contributed by atoms with E-state index in [2.05, 4.69) is 13.0 Å². The molecule has 1 aliphatic rings. The number of aldehydes is 1. The molecule has 0 radical (unpaired) electrons. The van der Waals surface area contributed by atoms with E-state index in [9.17, 15) is 4.79 Å². The van der Waals surface area contributed by atoms with Crippen LogP contribution >= 0.6 is 0 Å². The molecule has 0 atom stereocenters. The molecule has 0 aromatic heterocycles. The Balaban J connectivity index is 2.11. The fourth-order valence-corrected chi connectivity index (χ4v) is 2.48. The van der Waals surface area contributed by atoms with Crippen LogP contribution in [0.5, 0.6) is 0 Å². The average Bonchev–Trinajstić information content (AvgIpc) is 2.30. The summed E-state index contributed by atoms with van der Waals surface area (Å²) in [5, 5.41) is 0. The van der Waals surface area contributed by atoms with Gasteiger partial charge in [-0.25, -0.2) is 0 Å². The predicted octanol–water partition coefficient (Wildman–Crippen LogP) is 3.79. The second-order valence-corrected chi connectivity index (χ2v) is 4.74. The van der Waals surface area contributed by atoms with Crippen LogP contribution < -0.4 is 0 Å². The minimum atomic E-state index is 0.682. The lowest BCUT2D eigenvalue weighted by Gasteiger charge is -2.26. The Morgan fingerprint density at radius 1 is 1.20 bits per heavy atom. The number of carbonyl (C=O) groups is 1. The van der Waals surface area contributed by atoms with Gasteiger partial charge in [0.05, 0.1) is 0 Å². The third-order valence-corrected chi connectivity index (χ3v) is 3.53. The maximum Gasteiger partial charge on any atom is 0.150 e. The molecule has 0 N–H and O–H groups in total. The van der Waals surface area contributed by atoms with E-state index in [4.69, 9.17) is 0 Å². The Bertz CT molecular complexity index is 335. The summed E-state index contributed by atoms with van der Waals surface area (Å²) in [6.07, 6.45) is 6.16. The van der Waals surface area contributed by atoms with Crippen molar-refractivity contribution in [2.45, 2.75) is 38.5 Å². The lowest BCUT2D eigenvalue weighted by Crippen LogP contribution is -2.10. The van der Waals surface area contributed by atoms with E-state index in [-0.39, 0.29) is 0 Å². The van der Waals surface area contributed by atoms with Crippen molar-refractivity contribution in [1.29, 1.82) is 0 Å². The average molecular weight is 202 g/mol. The van der Waals surface area contributed by atoms with Gasteiger partial charge < -0.3 is 0 Å². The summed E-state index contributed by atoms with van der Waals surface area (Å²) in [6.45, 7) is 2.33. The minimum absolute atomic E-state index is 0.682. The van der Waals surface area contributed by atoms with Gasteiger partial charge in [0, 0.05) is 5.56 Å². The first-order valence-corrected chi connectivity index (χ1v) is 5.84. The number of hydrogen-bond donors (Lipinski definition) is 0. The molecule has 2 rings (SSSR count). The van der Waals surface area contributed by atoms with Crippen LogP contribution in [-0.2, 0) is 0 Å². The number of benzene rings is 1. The second kappa shape index (κ2) is 4.61. The van der Waals surface area contributed by atoms with Crippen LogP contribution in [0.1, 0.15) is 54.4 Å². The Hall–Kier alpha value is -1.11. The third-order valence-electron chi connectivity index (χ3n) is 3.53. The van der Waals surface area contributed by atoms with Gasteiger partial charge in [-0.2, -0.15) is 0 Å². The molecule has 1 aliphatic carbocycles. The highest BCUT2D eigenvalue weighted by atomic mass is 16.1. The summed E-state index contributed by atoms with van der Waals surface area (Å²) in [5.41, 5.74) is 2.16. The predicted molar refractivity (Wildman–Crippen MR) is 62.2 cm³/mol. The van der Waals surface area contributed by atoms with Crippen molar-refractivity contribution in [3.8, 4) is 0 Å². The fraction of sp³-hybridized carbons (Fsp3) is 0.500. The lowest BCUT2D eigenvalue weighted by atomic mass is 9.79. The molecule has 15 heavy (non-hydrogen) atoms. The molecule has 0 spiro atoms. The van der Waals surface area contributed by atoms with Gasteiger partial charge in [0.2, 0.25) is 0 Å². The highest BCUT2D eigenvalue weighted by molar-refractivity contribution is 5.75. The third kappa shape index (κ3) is 2.47. The topological polar surface area (TPSA) is 17.1 Å². The Labute approximate surface area is 91.5 Å². The van der Waals surface area contributed by atoms with Crippen molar-refractivity contribution in [2.75, 3.05) is 0 Å². The number of rotatable bonds is 2. The Morgan fingerprint density at radius 2 is 1.93 bits per heavy atom. The maximum absolute atomic E-state index is 10.7. The van der Waals surface area contributed by atoms with Gasteiger partial charge in [0.1, 0.15) is 6.29 Å². The van der Waals surface area contributed by atoms with Crippen LogP contribution in [0.4, 0.5) is 0 Å². The first-order valence-electron chi connectivity index (χ1n) is 5.84. The Morgan fingerprint density at radius 3 is 2.60 bits per heavy atom. The molecule has 0 bridgehead atoms. The summed E-state index contributed by atoms with van der Waals surface area (Å²) < 4.78 is 0. The van der Waals surface area contributed by atoms with Crippen LogP contribution in [-0.4, -0.2) is 6.29 Å². The number of hydrogen-bond acceptors (Lipinski definition) is 1. The van der Waals surface area contributed by atoms with Gasteiger partial charge in [-0.15, -0.1) is 0 Å². The fourth-order valence-electron chi connectivity index (χ4n) is 2.48. The molecule has 0 amide bonds. The zero-order chi connectivity index (χ0) is 10.7. The van der Waals surface area contributed by atoms with E-state index in [1.807, 2.05) is 18.2 Å². The molecule has 80 valence electrons. The molecule has 0 unspecified atom stereocenters. The van der Waals surface area contributed by atoms with Gasteiger partial charge >= 0.3 is 0 Å². The van der Waals surface area contributed by atoms with Crippen LogP contribution in [0.15, 0.2) is 24.3 Å². The highest BCUT2D eigenvalue weighted by Crippen LogP contribution is 2.35. The van der Waals surface area contributed by atoms with Gasteiger partial charge in [-0.1, -0.05) is 38.0 Å². The van der Waals surface area contributed by atoms with E-state index in [0.29, 0.717) is 5.92 Å². The van der Waals surface area contributed by atoms with Crippen LogP contribution in [0.2, 0.25) is 0 Å². The molecule has 1 heteroatoms. The summed E-state index contributed by atoms with van der Waals surface area (Å²) in [4.78, 5) is 10.7. The molecule has 1 aromatic carbocycles. The van der Waals surface area contributed by atoms with Crippen LogP contribution in [0.3, 0.4) is 0 Å². The molecule has 1 aromatic rings. The van der Waals surface area contributed by atoms with Gasteiger partial charge in [0.25, 0.3) is 0 Å². The van der Waals surface area contributed by atoms with Crippen molar-refractivity contribution in [1.82, 2.24) is 0 Å². The van der Waals surface area contributed by atoms with Crippen molar-refractivity contribution >= 4 is 6.29 Å². The van der Waals surface area contributed by atoms with E-state index < -0.39 is 0 Å². The number of carbonyl (C=O) groups excluding carboxylic acids is 1. The highest BCUT2D eigenvalue weighted by Gasteiger charge is 2.19. The largest absolute Gasteiger partial charge is 0.298 e. The minimum Gasteiger partial charge on any atom is -0.298 e. The summed E-state index contributed by atoms with van der Waals surface area (Å²) in [5.74, 6) is 1.57. The van der Waals surface area contributed by atoms with Crippen LogP contribution in [0.25, 0.3) is 0 Å². The molecular weight excluding hydrogens is 184 g/mol. The summed E-state index contributed by atoms with van der Waals surface area (Å²) in [7, 11) is 0. The second-order valence-electron chi connectivity index (χ2n) is 4.74. The van der Waals surface area contributed by atoms with Crippen molar-refractivity contribution in [3.63, 3.8) is 0 Å². The van der Waals surface area contributed by atoms with E-state index in [1.54, 1.807) is 0 Å². The zero-order valence-corrected chi connectivity index (χ0v) is 9.28. The van der Waals surface area contributed by atoms with Gasteiger partial charge in [0.15, 0.2) is 0 Å². The molecule has 1 saturated carbocycles. The molecule has 0 heterocycles. The molecule has 1 nitrogen and oxygen atoms in total. The van der Waals surface area contributed by atoms with Gasteiger partial charge in [-0.3, -0.25) is 4.79 Å².